The van der Waals surface area contributed by atoms with Crippen molar-refractivity contribution in [2.24, 2.45) is 0 Å². The molecule has 0 aliphatic heterocycles. The number of rotatable bonds is 5. The van der Waals surface area contributed by atoms with Gasteiger partial charge in [0.2, 0.25) is 5.91 Å². The van der Waals surface area contributed by atoms with Gasteiger partial charge in [0.05, 0.1) is 6.10 Å². The first-order chi connectivity index (χ1) is 7.65. The maximum Gasteiger partial charge on any atom is 0.321 e. The predicted octanol–water partition coefficient (Wildman–Crippen LogP) is 1.01. The van der Waals surface area contributed by atoms with Crippen LogP contribution in [0.25, 0.3) is 0 Å². The van der Waals surface area contributed by atoms with Gasteiger partial charge in [-0.15, -0.1) is 11.6 Å². The van der Waals surface area contributed by atoms with Crippen molar-refractivity contribution in [1.29, 1.82) is 0 Å². The van der Waals surface area contributed by atoms with Gasteiger partial charge in [0.25, 0.3) is 0 Å². The lowest BCUT2D eigenvalue weighted by Gasteiger charge is -2.35. The highest BCUT2D eigenvalue weighted by molar-refractivity contribution is 6.19. The number of imide groups is 1. The molecule has 0 bridgehead atoms. The van der Waals surface area contributed by atoms with E-state index >= 15 is 0 Å². The topological polar surface area (TPSA) is 67.4 Å². The Balaban J connectivity index is 2.10. The molecule has 5 nitrogen and oxygen atoms in total. The number of hydrogen-bond acceptors (Lipinski definition) is 3. The van der Waals surface area contributed by atoms with E-state index in [1.54, 1.807) is 0 Å². The zero-order valence-corrected chi connectivity index (χ0v) is 10.0. The standard InChI is InChI=1S/C10H17ClN2O3/c1-2-16-8-5-7(6-8)12-10(15)13-9(14)3-4-11/h7-8H,2-6H2,1H3,(H2,12,13,14,15). The first-order valence-corrected chi connectivity index (χ1v) is 5.97. The smallest absolute Gasteiger partial charge is 0.321 e. The fourth-order valence-electron chi connectivity index (χ4n) is 1.55. The van der Waals surface area contributed by atoms with Crippen LogP contribution in [0.15, 0.2) is 0 Å². The molecule has 1 rings (SSSR count). The van der Waals surface area contributed by atoms with E-state index in [1.165, 1.54) is 0 Å². The molecule has 1 aliphatic carbocycles. The molecular formula is C10H17ClN2O3. The lowest BCUT2D eigenvalue weighted by Crippen LogP contribution is -2.51. The van der Waals surface area contributed by atoms with Crippen molar-refractivity contribution >= 4 is 23.5 Å². The Kier molecular flexibility index (Phi) is 5.55. The van der Waals surface area contributed by atoms with E-state index in [4.69, 9.17) is 16.3 Å². The third kappa shape index (κ3) is 4.37. The van der Waals surface area contributed by atoms with Crippen molar-refractivity contribution in [1.82, 2.24) is 10.6 Å². The van der Waals surface area contributed by atoms with Crippen LogP contribution in [0.4, 0.5) is 4.79 Å². The summed E-state index contributed by atoms with van der Waals surface area (Å²) < 4.78 is 5.35. The van der Waals surface area contributed by atoms with Crippen molar-refractivity contribution in [3.8, 4) is 0 Å². The van der Waals surface area contributed by atoms with Crippen LogP contribution in [0.2, 0.25) is 0 Å². The third-order valence-electron chi connectivity index (χ3n) is 2.41. The lowest BCUT2D eigenvalue weighted by molar-refractivity contribution is -0.119. The minimum atomic E-state index is -0.449. The molecule has 0 aromatic heterocycles. The quantitative estimate of drug-likeness (QED) is 0.714. The molecule has 0 heterocycles. The Morgan fingerprint density at radius 1 is 1.44 bits per heavy atom. The molecule has 2 N–H and O–H groups in total. The van der Waals surface area contributed by atoms with Gasteiger partial charge in [0.15, 0.2) is 0 Å². The molecule has 0 spiro atoms. The first-order valence-electron chi connectivity index (χ1n) is 5.43. The van der Waals surface area contributed by atoms with E-state index < -0.39 is 6.03 Å². The van der Waals surface area contributed by atoms with E-state index in [2.05, 4.69) is 10.6 Å². The molecule has 6 heteroatoms. The second-order valence-electron chi connectivity index (χ2n) is 3.71. The van der Waals surface area contributed by atoms with Gasteiger partial charge < -0.3 is 10.1 Å². The van der Waals surface area contributed by atoms with Gasteiger partial charge in [-0.25, -0.2) is 4.79 Å². The first kappa shape index (κ1) is 13.3. The number of ether oxygens (including phenoxy) is 1. The Bertz CT molecular complexity index is 254. The fraction of sp³-hybridized carbons (Fsp3) is 0.800. The number of amides is 3. The van der Waals surface area contributed by atoms with Gasteiger partial charge in [-0.2, -0.15) is 0 Å². The average Bonchev–Trinajstić information content (AvgIpc) is 2.14. The van der Waals surface area contributed by atoms with Gasteiger partial charge in [0.1, 0.15) is 0 Å². The van der Waals surface area contributed by atoms with Crippen LogP contribution in [-0.4, -0.2) is 36.6 Å². The maximum absolute atomic E-state index is 11.3. The minimum absolute atomic E-state index is 0.111. The van der Waals surface area contributed by atoms with Gasteiger partial charge >= 0.3 is 6.03 Å². The predicted molar refractivity (Wildman–Crippen MR) is 60.4 cm³/mol. The molecule has 0 saturated heterocycles. The number of hydrogen-bond donors (Lipinski definition) is 2. The number of halogens is 1. The summed E-state index contributed by atoms with van der Waals surface area (Å²) in [7, 11) is 0. The highest BCUT2D eigenvalue weighted by Crippen LogP contribution is 2.22. The summed E-state index contributed by atoms with van der Waals surface area (Å²) >= 11 is 5.37. The van der Waals surface area contributed by atoms with Crippen molar-refractivity contribution in [2.45, 2.75) is 38.3 Å². The number of alkyl halides is 1. The van der Waals surface area contributed by atoms with E-state index in [0.717, 1.165) is 12.8 Å². The SMILES string of the molecule is CCOC1CC(NC(=O)NC(=O)CCCl)C1. The average molecular weight is 249 g/mol. The van der Waals surface area contributed by atoms with Crippen molar-refractivity contribution in [2.75, 3.05) is 12.5 Å². The molecule has 1 aliphatic rings. The number of carbonyl (C=O) groups excluding carboxylic acids is 2. The third-order valence-corrected chi connectivity index (χ3v) is 2.60. The summed E-state index contributed by atoms with van der Waals surface area (Å²) in [5.74, 6) is -0.136. The van der Waals surface area contributed by atoms with Crippen LogP contribution in [0.1, 0.15) is 26.2 Å². The summed E-state index contributed by atoms with van der Waals surface area (Å²) in [6.45, 7) is 2.63. The molecule has 0 atom stereocenters. The summed E-state index contributed by atoms with van der Waals surface area (Å²) in [6, 6.07) is -0.338. The molecule has 0 unspecified atom stereocenters. The maximum atomic E-state index is 11.3. The van der Waals surface area contributed by atoms with Gasteiger partial charge in [-0.1, -0.05) is 0 Å². The van der Waals surface area contributed by atoms with E-state index in [-0.39, 0.29) is 30.4 Å². The van der Waals surface area contributed by atoms with E-state index in [9.17, 15) is 9.59 Å². The Morgan fingerprint density at radius 3 is 2.69 bits per heavy atom. The fourth-order valence-corrected chi connectivity index (χ4v) is 1.72. The monoisotopic (exact) mass is 248 g/mol. The van der Waals surface area contributed by atoms with E-state index in [1.807, 2.05) is 6.92 Å². The highest BCUT2D eigenvalue weighted by Gasteiger charge is 2.30. The van der Waals surface area contributed by atoms with Crippen LogP contribution in [0, 0.1) is 0 Å². The molecule has 16 heavy (non-hydrogen) atoms. The van der Waals surface area contributed by atoms with Crippen molar-refractivity contribution in [3.63, 3.8) is 0 Å². The molecule has 1 fully saturated rings. The summed E-state index contributed by atoms with van der Waals surface area (Å²) in [5.41, 5.74) is 0. The van der Waals surface area contributed by atoms with Crippen molar-refractivity contribution < 1.29 is 14.3 Å². The largest absolute Gasteiger partial charge is 0.378 e. The number of carbonyl (C=O) groups is 2. The molecule has 92 valence electrons. The molecular weight excluding hydrogens is 232 g/mol. The summed E-state index contributed by atoms with van der Waals surface area (Å²) in [6.07, 6.45) is 2.02. The molecule has 1 saturated carbocycles. The zero-order valence-electron chi connectivity index (χ0n) is 9.29. The second kappa shape index (κ2) is 6.70. The minimum Gasteiger partial charge on any atom is -0.378 e. The van der Waals surface area contributed by atoms with Crippen LogP contribution in [-0.2, 0) is 9.53 Å². The van der Waals surface area contributed by atoms with E-state index in [0.29, 0.717) is 6.61 Å². The number of nitrogens with one attached hydrogen (secondary N) is 2. The van der Waals surface area contributed by atoms with Gasteiger partial charge in [-0.05, 0) is 19.8 Å². The molecule has 3 amide bonds. The van der Waals surface area contributed by atoms with Gasteiger partial charge in [0, 0.05) is 24.9 Å². The van der Waals surface area contributed by atoms with Crippen LogP contribution >= 0.6 is 11.6 Å². The second-order valence-corrected chi connectivity index (χ2v) is 4.08. The molecule has 0 aromatic rings. The normalized spacial score (nSPS) is 23.4. The highest BCUT2D eigenvalue weighted by atomic mass is 35.5. The lowest BCUT2D eigenvalue weighted by atomic mass is 9.89. The van der Waals surface area contributed by atoms with Gasteiger partial charge in [-0.3, -0.25) is 10.1 Å². The Morgan fingerprint density at radius 2 is 2.12 bits per heavy atom. The van der Waals surface area contributed by atoms with Crippen molar-refractivity contribution in [3.05, 3.63) is 0 Å². The van der Waals surface area contributed by atoms with Crippen LogP contribution in [0.3, 0.4) is 0 Å². The van der Waals surface area contributed by atoms with Crippen LogP contribution in [0.5, 0.6) is 0 Å². The summed E-state index contributed by atoms with van der Waals surface area (Å²) in [4.78, 5) is 22.3. The number of urea groups is 1. The Labute approximate surface area is 99.9 Å². The summed E-state index contributed by atoms with van der Waals surface area (Å²) in [5, 5.41) is 4.91. The molecule has 0 aromatic carbocycles. The molecule has 0 radical (unpaired) electrons. The van der Waals surface area contributed by atoms with Crippen LogP contribution < -0.4 is 10.6 Å². The zero-order chi connectivity index (χ0) is 12.0. The Hall–Kier alpha value is -0.810.